The van der Waals surface area contributed by atoms with Crippen molar-refractivity contribution in [2.75, 3.05) is 21.3 Å². The van der Waals surface area contributed by atoms with E-state index < -0.39 is 10.8 Å². The monoisotopic (exact) mass is 359 g/mol. The Labute approximate surface area is 149 Å². The lowest BCUT2D eigenvalue weighted by Gasteiger charge is -2.11. The number of methoxy groups -OCH3 is 3. The third-order valence-corrected chi connectivity index (χ3v) is 3.45. The largest absolute Gasteiger partial charge is 0.496 e. The number of ether oxygens (including phenoxy) is 3. The molecule has 0 heterocycles. The summed E-state index contributed by atoms with van der Waals surface area (Å²) in [5, 5.41) is 14.5. The molecule has 1 amide bonds. The summed E-state index contributed by atoms with van der Waals surface area (Å²) in [5.74, 6) is 0.958. The lowest BCUT2D eigenvalue weighted by atomic mass is 10.2. The van der Waals surface area contributed by atoms with E-state index in [1.54, 1.807) is 12.1 Å². The number of carbonyl (C=O) groups excluding carboxylic acids is 1. The Balaban J connectivity index is 2.14. The zero-order valence-electron chi connectivity index (χ0n) is 14.4. The van der Waals surface area contributed by atoms with Crippen molar-refractivity contribution in [1.82, 2.24) is 5.43 Å². The van der Waals surface area contributed by atoms with Crippen LogP contribution in [-0.2, 0) is 0 Å². The van der Waals surface area contributed by atoms with E-state index in [0.29, 0.717) is 22.8 Å². The molecule has 2 aromatic rings. The average Bonchev–Trinajstić information content (AvgIpc) is 2.67. The van der Waals surface area contributed by atoms with Crippen molar-refractivity contribution in [3.05, 3.63) is 57.6 Å². The van der Waals surface area contributed by atoms with Gasteiger partial charge in [0.15, 0.2) is 11.5 Å². The van der Waals surface area contributed by atoms with E-state index in [0.717, 1.165) is 0 Å². The van der Waals surface area contributed by atoms with Crippen LogP contribution in [0.2, 0.25) is 0 Å². The molecule has 0 saturated heterocycles. The summed E-state index contributed by atoms with van der Waals surface area (Å²) in [6, 6.07) is 8.48. The van der Waals surface area contributed by atoms with Gasteiger partial charge in [-0.25, -0.2) is 5.43 Å². The minimum Gasteiger partial charge on any atom is -0.496 e. The van der Waals surface area contributed by atoms with Gasteiger partial charge < -0.3 is 14.2 Å². The number of rotatable bonds is 7. The van der Waals surface area contributed by atoms with Gasteiger partial charge in [0, 0.05) is 29.3 Å². The van der Waals surface area contributed by atoms with Gasteiger partial charge in [-0.05, 0) is 18.2 Å². The highest BCUT2D eigenvalue weighted by Gasteiger charge is 2.11. The highest BCUT2D eigenvalue weighted by atomic mass is 16.6. The molecule has 0 atom stereocenters. The van der Waals surface area contributed by atoms with Crippen molar-refractivity contribution in [3.8, 4) is 17.2 Å². The molecule has 0 bridgehead atoms. The van der Waals surface area contributed by atoms with Gasteiger partial charge in [-0.1, -0.05) is 0 Å². The molecular formula is C17H17N3O6. The molecule has 2 rings (SSSR count). The first-order valence-corrected chi connectivity index (χ1v) is 7.38. The van der Waals surface area contributed by atoms with Crippen LogP contribution in [0.4, 0.5) is 5.69 Å². The molecule has 0 saturated carbocycles. The van der Waals surface area contributed by atoms with Crippen LogP contribution in [0.1, 0.15) is 15.9 Å². The van der Waals surface area contributed by atoms with Crippen molar-refractivity contribution in [2.24, 2.45) is 5.10 Å². The van der Waals surface area contributed by atoms with Crippen molar-refractivity contribution in [1.29, 1.82) is 0 Å². The minimum atomic E-state index is -0.539. The second-order valence-corrected chi connectivity index (χ2v) is 4.95. The Bertz CT molecular complexity index is 833. The van der Waals surface area contributed by atoms with E-state index in [4.69, 9.17) is 14.2 Å². The van der Waals surface area contributed by atoms with E-state index in [2.05, 4.69) is 10.5 Å². The third-order valence-electron chi connectivity index (χ3n) is 3.45. The smallest absolute Gasteiger partial charge is 0.271 e. The number of nitrogens with zero attached hydrogens (tertiary/aromatic N) is 2. The fourth-order valence-corrected chi connectivity index (χ4v) is 2.11. The summed E-state index contributed by atoms with van der Waals surface area (Å²) in [6.07, 6.45) is 1.39. The van der Waals surface area contributed by atoms with Crippen LogP contribution < -0.4 is 19.6 Å². The summed E-state index contributed by atoms with van der Waals surface area (Å²) in [5.41, 5.74) is 3.06. The molecule has 0 aliphatic carbocycles. The van der Waals surface area contributed by atoms with E-state index in [9.17, 15) is 14.9 Å². The van der Waals surface area contributed by atoms with Gasteiger partial charge in [-0.15, -0.1) is 0 Å². The number of hydrazone groups is 1. The SMILES string of the molecule is COc1cc(OC)c(OC)cc1/C=N/NC(=O)c1ccc([N+](=O)[O-])cc1. The highest BCUT2D eigenvalue weighted by Crippen LogP contribution is 2.33. The highest BCUT2D eigenvalue weighted by molar-refractivity contribution is 5.95. The molecule has 26 heavy (non-hydrogen) atoms. The van der Waals surface area contributed by atoms with Gasteiger partial charge in [-0.2, -0.15) is 5.10 Å². The van der Waals surface area contributed by atoms with Crippen LogP contribution in [0.25, 0.3) is 0 Å². The summed E-state index contributed by atoms with van der Waals surface area (Å²) >= 11 is 0. The number of non-ortho nitro benzene ring substituents is 1. The summed E-state index contributed by atoms with van der Waals surface area (Å²) in [4.78, 5) is 22.1. The normalized spacial score (nSPS) is 10.4. The van der Waals surface area contributed by atoms with Crippen LogP contribution in [0.15, 0.2) is 41.5 Å². The summed E-state index contributed by atoms with van der Waals surface area (Å²) in [6.45, 7) is 0. The quantitative estimate of drug-likeness (QED) is 0.461. The number of carbonyl (C=O) groups is 1. The van der Waals surface area contributed by atoms with Crippen LogP contribution in [0, 0.1) is 10.1 Å². The topological polar surface area (TPSA) is 112 Å². The van der Waals surface area contributed by atoms with Crippen molar-refractivity contribution in [3.63, 3.8) is 0 Å². The number of nitrogens with one attached hydrogen (secondary N) is 1. The molecule has 0 spiro atoms. The molecule has 2 aromatic carbocycles. The van der Waals surface area contributed by atoms with Gasteiger partial charge in [0.05, 0.1) is 32.5 Å². The van der Waals surface area contributed by atoms with Crippen molar-refractivity contribution < 1.29 is 23.9 Å². The Hall–Kier alpha value is -3.62. The number of nitro groups is 1. The Morgan fingerprint density at radius 1 is 1.04 bits per heavy atom. The molecular weight excluding hydrogens is 342 g/mol. The van der Waals surface area contributed by atoms with Crippen molar-refractivity contribution in [2.45, 2.75) is 0 Å². The first kappa shape index (κ1) is 18.7. The molecule has 0 radical (unpaired) electrons. The Morgan fingerprint density at radius 2 is 1.62 bits per heavy atom. The third kappa shape index (κ3) is 4.26. The fourth-order valence-electron chi connectivity index (χ4n) is 2.11. The fraction of sp³-hybridized carbons (Fsp3) is 0.176. The van der Waals surface area contributed by atoms with Crippen LogP contribution in [-0.4, -0.2) is 38.4 Å². The molecule has 0 aliphatic heterocycles. The maximum atomic E-state index is 12.0. The molecule has 1 N–H and O–H groups in total. The maximum absolute atomic E-state index is 12.0. The Kier molecular flexibility index (Phi) is 6.10. The number of benzene rings is 2. The minimum absolute atomic E-state index is 0.0971. The first-order valence-electron chi connectivity index (χ1n) is 7.38. The average molecular weight is 359 g/mol. The lowest BCUT2D eigenvalue weighted by molar-refractivity contribution is -0.384. The van der Waals surface area contributed by atoms with E-state index in [1.807, 2.05) is 0 Å². The maximum Gasteiger partial charge on any atom is 0.271 e. The van der Waals surface area contributed by atoms with E-state index in [-0.39, 0.29) is 11.3 Å². The summed E-state index contributed by atoms with van der Waals surface area (Å²) in [7, 11) is 4.51. The molecule has 0 aliphatic rings. The van der Waals surface area contributed by atoms with Gasteiger partial charge in [0.25, 0.3) is 11.6 Å². The van der Waals surface area contributed by atoms with E-state index >= 15 is 0 Å². The second-order valence-electron chi connectivity index (χ2n) is 4.95. The predicted molar refractivity (Wildman–Crippen MR) is 94.3 cm³/mol. The van der Waals surface area contributed by atoms with Crippen LogP contribution in [0.3, 0.4) is 0 Å². The predicted octanol–water partition coefficient (Wildman–Crippen LogP) is 2.38. The lowest BCUT2D eigenvalue weighted by Crippen LogP contribution is -2.17. The van der Waals surface area contributed by atoms with Gasteiger partial charge in [-0.3, -0.25) is 14.9 Å². The molecule has 136 valence electrons. The first-order chi connectivity index (χ1) is 12.5. The molecule has 0 fully saturated rings. The van der Waals surface area contributed by atoms with E-state index in [1.165, 1.54) is 51.8 Å². The number of hydrogen-bond acceptors (Lipinski definition) is 7. The molecule has 0 aromatic heterocycles. The molecule has 9 heteroatoms. The zero-order valence-corrected chi connectivity index (χ0v) is 14.4. The van der Waals surface area contributed by atoms with Gasteiger partial charge >= 0.3 is 0 Å². The number of hydrogen-bond donors (Lipinski definition) is 1. The van der Waals surface area contributed by atoms with Gasteiger partial charge in [0.1, 0.15) is 5.75 Å². The number of nitro benzene ring substituents is 1. The van der Waals surface area contributed by atoms with Crippen LogP contribution >= 0.6 is 0 Å². The zero-order chi connectivity index (χ0) is 19.1. The Morgan fingerprint density at radius 3 is 2.15 bits per heavy atom. The molecule has 9 nitrogen and oxygen atoms in total. The van der Waals surface area contributed by atoms with Crippen LogP contribution in [0.5, 0.6) is 17.2 Å². The summed E-state index contributed by atoms with van der Waals surface area (Å²) < 4.78 is 15.7. The standard InChI is InChI=1S/C17H17N3O6/c1-24-14-9-16(26-3)15(25-2)8-12(14)10-18-19-17(21)11-4-6-13(7-5-11)20(22)23/h4-10H,1-3H3,(H,19,21)/b18-10+. The molecule has 0 unspecified atom stereocenters. The van der Waals surface area contributed by atoms with Crippen molar-refractivity contribution >= 4 is 17.8 Å². The number of amides is 1. The van der Waals surface area contributed by atoms with Gasteiger partial charge in [0.2, 0.25) is 0 Å². The second kappa shape index (κ2) is 8.47.